The van der Waals surface area contributed by atoms with Crippen molar-refractivity contribution >= 4 is 17.6 Å². The number of benzene rings is 1. The molecule has 1 aromatic rings. The van der Waals surface area contributed by atoms with E-state index in [9.17, 15) is 14.7 Å². The van der Waals surface area contributed by atoms with Crippen molar-refractivity contribution in [2.75, 3.05) is 19.5 Å². The first kappa shape index (κ1) is 15.6. The number of carbonyl (C=O) groups excluding carboxylic acids is 1. The number of nitrogens with one attached hydrogen (secondary N) is 1. The average Bonchev–Trinajstić information content (AvgIpc) is 3.15. The van der Waals surface area contributed by atoms with Gasteiger partial charge in [-0.25, -0.2) is 0 Å². The molecule has 4 atom stereocenters. The van der Waals surface area contributed by atoms with Crippen LogP contribution in [0.3, 0.4) is 0 Å². The molecule has 6 nitrogen and oxygen atoms in total. The molecule has 2 aliphatic carbocycles. The van der Waals surface area contributed by atoms with Crippen molar-refractivity contribution in [2.45, 2.75) is 19.3 Å². The lowest BCUT2D eigenvalue weighted by Gasteiger charge is -2.27. The van der Waals surface area contributed by atoms with Crippen LogP contribution in [-0.4, -0.2) is 31.2 Å². The van der Waals surface area contributed by atoms with Gasteiger partial charge in [0.2, 0.25) is 5.91 Å². The first-order chi connectivity index (χ1) is 11.0. The monoisotopic (exact) mass is 319 g/mol. The van der Waals surface area contributed by atoms with Gasteiger partial charge in [0.15, 0.2) is 11.5 Å². The fraction of sp³-hybridized carbons (Fsp3) is 0.529. The van der Waals surface area contributed by atoms with Gasteiger partial charge < -0.3 is 19.9 Å². The smallest absolute Gasteiger partial charge is 0.307 e. The molecule has 0 saturated heterocycles. The third kappa shape index (κ3) is 2.73. The number of aliphatic carboxylic acids is 1. The third-order valence-electron chi connectivity index (χ3n) is 5.16. The Labute approximate surface area is 134 Å². The van der Waals surface area contributed by atoms with E-state index in [0.717, 1.165) is 19.3 Å². The van der Waals surface area contributed by atoms with E-state index in [1.165, 1.54) is 7.11 Å². The first-order valence-electron chi connectivity index (χ1n) is 7.80. The lowest BCUT2D eigenvalue weighted by atomic mass is 9.78. The highest BCUT2D eigenvalue weighted by atomic mass is 16.5. The van der Waals surface area contributed by atoms with Gasteiger partial charge in [0.25, 0.3) is 0 Å². The molecule has 0 heterocycles. The maximum Gasteiger partial charge on any atom is 0.307 e. The minimum Gasteiger partial charge on any atom is -0.493 e. The fourth-order valence-corrected chi connectivity index (χ4v) is 4.16. The number of fused-ring (bicyclic) bond motifs is 2. The number of carbonyl (C=O) groups is 2. The summed E-state index contributed by atoms with van der Waals surface area (Å²) in [7, 11) is 3.07. The Morgan fingerprint density at radius 2 is 1.74 bits per heavy atom. The molecule has 2 fully saturated rings. The summed E-state index contributed by atoms with van der Waals surface area (Å²) in [6.45, 7) is 0. The molecule has 0 aliphatic heterocycles. The summed E-state index contributed by atoms with van der Waals surface area (Å²) in [5.41, 5.74) is 0.583. The highest BCUT2D eigenvalue weighted by Crippen LogP contribution is 2.52. The van der Waals surface area contributed by atoms with Crippen LogP contribution >= 0.6 is 0 Å². The Bertz CT molecular complexity index is 629. The number of ether oxygens (including phenoxy) is 2. The van der Waals surface area contributed by atoms with E-state index in [4.69, 9.17) is 9.47 Å². The van der Waals surface area contributed by atoms with Gasteiger partial charge in [-0.05, 0) is 43.2 Å². The molecule has 2 saturated carbocycles. The van der Waals surface area contributed by atoms with Crippen LogP contribution in [0.15, 0.2) is 18.2 Å². The molecule has 0 aromatic heterocycles. The number of anilines is 1. The Kier molecular flexibility index (Phi) is 4.15. The van der Waals surface area contributed by atoms with Gasteiger partial charge in [-0.15, -0.1) is 0 Å². The number of rotatable bonds is 5. The zero-order chi connectivity index (χ0) is 16.6. The van der Waals surface area contributed by atoms with Crippen molar-refractivity contribution in [3.63, 3.8) is 0 Å². The summed E-state index contributed by atoms with van der Waals surface area (Å²) in [5, 5.41) is 12.3. The van der Waals surface area contributed by atoms with Crippen LogP contribution in [0.2, 0.25) is 0 Å². The molecule has 1 aromatic carbocycles. The van der Waals surface area contributed by atoms with Crippen LogP contribution in [0.5, 0.6) is 11.5 Å². The lowest BCUT2D eigenvalue weighted by Crippen LogP contribution is -2.37. The second-order valence-electron chi connectivity index (χ2n) is 6.28. The van der Waals surface area contributed by atoms with Crippen LogP contribution in [0, 0.1) is 23.7 Å². The minimum absolute atomic E-state index is 0.138. The number of methoxy groups -OCH3 is 2. The van der Waals surface area contributed by atoms with Crippen LogP contribution in [0.25, 0.3) is 0 Å². The summed E-state index contributed by atoms with van der Waals surface area (Å²) in [5.74, 6) is -0.656. The standard InChI is InChI=1S/C17H21NO5/c1-22-12-6-5-11(8-13(12)23-2)18-16(19)14-9-3-4-10(7-9)15(14)17(20)21/h5-6,8-10,14-15H,3-4,7H2,1-2H3,(H,18,19)(H,20,21)/t9-,10+,14+,15+/m1/s1. The molecule has 2 N–H and O–H groups in total. The summed E-state index contributed by atoms with van der Waals surface area (Å²) >= 11 is 0. The molecule has 23 heavy (non-hydrogen) atoms. The van der Waals surface area contributed by atoms with Crippen LogP contribution < -0.4 is 14.8 Å². The lowest BCUT2D eigenvalue weighted by molar-refractivity contribution is -0.148. The largest absolute Gasteiger partial charge is 0.493 e. The maximum atomic E-state index is 12.6. The number of carboxylic acids is 1. The van der Waals surface area contributed by atoms with Crippen LogP contribution in [0.1, 0.15) is 19.3 Å². The normalized spacial score (nSPS) is 28.4. The first-order valence-corrected chi connectivity index (χ1v) is 7.80. The van der Waals surface area contributed by atoms with Crippen molar-refractivity contribution in [3.8, 4) is 11.5 Å². The van der Waals surface area contributed by atoms with E-state index in [2.05, 4.69) is 5.32 Å². The van der Waals surface area contributed by atoms with E-state index in [-0.39, 0.29) is 17.7 Å². The van der Waals surface area contributed by atoms with E-state index in [1.54, 1.807) is 25.3 Å². The number of amides is 1. The van der Waals surface area contributed by atoms with Crippen molar-refractivity contribution in [2.24, 2.45) is 23.7 Å². The quantitative estimate of drug-likeness (QED) is 0.870. The Morgan fingerprint density at radius 1 is 1.09 bits per heavy atom. The van der Waals surface area contributed by atoms with E-state index in [1.807, 2.05) is 0 Å². The van der Waals surface area contributed by atoms with Gasteiger partial charge in [0.1, 0.15) is 0 Å². The molecule has 0 unspecified atom stereocenters. The van der Waals surface area contributed by atoms with E-state index in [0.29, 0.717) is 17.2 Å². The summed E-state index contributed by atoms with van der Waals surface area (Å²) < 4.78 is 10.4. The fourth-order valence-electron chi connectivity index (χ4n) is 4.16. The Hall–Kier alpha value is -2.24. The number of carboxylic acid groups (broad SMARTS) is 1. The highest BCUT2D eigenvalue weighted by molar-refractivity contribution is 5.96. The molecule has 1 amide bonds. The molecule has 0 radical (unpaired) electrons. The third-order valence-corrected chi connectivity index (χ3v) is 5.16. The predicted octanol–water partition coefficient (Wildman–Crippen LogP) is 2.39. The highest BCUT2D eigenvalue weighted by Gasteiger charge is 2.53. The average molecular weight is 319 g/mol. The van der Waals surface area contributed by atoms with Crippen molar-refractivity contribution in [1.29, 1.82) is 0 Å². The van der Waals surface area contributed by atoms with Gasteiger partial charge in [-0.2, -0.15) is 0 Å². The van der Waals surface area contributed by atoms with Gasteiger partial charge in [-0.1, -0.05) is 0 Å². The molecule has 0 spiro atoms. The van der Waals surface area contributed by atoms with Crippen LogP contribution in [0.4, 0.5) is 5.69 Å². The molecule has 2 bridgehead atoms. The zero-order valence-electron chi connectivity index (χ0n) is 13.2. The maximum absolute atomic E-state index is 12.6. The zero-order valence-corrected chi connectivity index (χ0v) is 13.2. The van der Waals surface area contributed by atoms with Crippen molar-refractivity contribution in [1.82, 2.24) is 0 Å². The second kappa shape index (κ2) is 6.10. The summed E-state index contributed by atoms with van der Waals surface area (Å²) in [4.78, 5) is 24.2. The van der Waals surface area contributed by atoms with Crippen molar-refractivity contribution < 1.29 is 24.2 Å². The Balaban J connectivity index is 1.78. The minimum atomic E-state index is -0.857. The molecule has 2 aliphatic rings. The Morgan fingerprint density at radius 3 is 2.35 bits per heavy atom. The topological polar surface area (TPSA) is 84.9 Å². The van der Waals surface area contributed by atoms with Crippen molar-refractivity contribution in [3.05, 3.63) is 18.2 Å². The summed E-state index contributed by atoms with van der Waals surface area (Å²) in [6, 6.07) is 5.12. The number of hydrogen-bond acceptors (Lipinski definition) is 4. The summed E-state index contributed by atoms with van der Waals surface area (Å²) in [6.07, 6.45) is 2.71. The molecular formula is C17H21NO5. The van der Waals surface area contributed by atoms with Crippen LogP contribution in [-0.2, 0) is 9.59 Å². The van der Waals surface area contributed by atoms with E-state index < -0.39 is 17.8 Å². The van der Waals surface area contributed by atoms with Gasteiger partial charge >= 0.3 is 5.97 Å². The SMILES string of the molecule is COc1ccc(NC(=O)[C@H]2[C@@H]3CC[C@@H](C3)[C@@H]2C(=O)O)cc1OC. The number of hydrogen-bond donors (Lipinski definition) is 2. The van der Waals surface area contributed by atoms with Gasteiger partial charge in [0, 0.05) is 11.8 Å². The molecule has 6 heteroatoms. The molecule has 124 valence electrons. The molecular weight excluding hydrogens is 298 g/mol. The molecule has 3 rings (SSSR count). The second-order valence-corrected chi connectivity index (χ2v) is 6.28. The van der Waals surface area contributed by atoms with Gasteiger partial charge in [-0.3, -0.25) is 9.59 Å². The van der Waals surface area contributed by atoms with Gasteiger partial charge in [0.05, 0.1) is 26.1 Å². The van der Waals surface area contributed by atoms with E-state index >= 15 is 0 Å². The predicted molar refractivity (Wildman–Crippen MR) is 83.6 cm³/mol.